The van der Waals surface area contributed by atoms with Gasteiger partial charge in [-0.25, -0.2) is 0 Å². The van der Waals surface area contributed by atoms with Gasteiger partial charge in [0.05, 0.1) is 6.54 Å². The van der Waals surface area contributed by atoms with E-state index in [9.17, 15) is 0 Å². The van der Waals surface area contributed by atoms with Gasteiger partial charge in [-0.3, -0.25) is 4.99 Å². The van der Waals surface area contributed by atoms with E-state index in [2.05, 4.69) is 62.0 Å². The largest absolute Gasteiger partial charge is 0.357 e. The Bertz CT molecular complexity index is 252. The normalized spacial score (nSPS) is 13.1. The first-order chi connectivity index (χ1) is 8.51. The molecule has 0 aromatic carbocycles. The van der Waals surface area contributed by atoms with Crippen molar-refractivity contribution in [3.8, 4) is 0 Å². The summed E-state index contributed by atoms with van der Waals surface area (Å²) in [6.07, 6.45) is 3.00. The Balaban J connectivity index is 0. The number of rotatable bonds is 8. The minimum Gasteiger partial charge on any atom is -0.357 e. The van der Waals surface area contributed by atoms with E-state index in [0.29, 0.717) is 12.0 Å². The number of nitrogens with zero attached hydrogens (tertiary/aromatic N) is 2. The summed E-state index contributed by atoms with van der Waals surface area (Å²) >= 11 is 0. The predicted octanol–water partition coefficient (Wildman–Crippen LogP) is 2.32. The third-order valence-electron chi connectivity index (χ3n) is 2.69. The van der Waals surface area contributed by atoms with Crippen molar-refractivity contribution in [2.45, 2.75) is 33.2 Å². The number of hydrogen-bond acceptors (Lipinski definition) is 2. The van der Waals surface area contributed by atoms with Crippen LogP contribution in [0.3, 0.4) is 0 Å². The number of halogens is 1. The van der Waals surface area contributed by atoms with Gasteiger partial charge in [0.15, 0.2) is 5.96 Å². The molecule has 0 amide bonds. The van der Waals surface area contributed by atoms with Crippen LogP contribution in [0.4, 0.5) is 0 Å². The topological polar surface area (TPSA) is 39.7 Å². The van der Waals surface area contributed by atoms with Gasteiger partial charge in [-0.2, -0.15) is 0 Å². The molecule has 0 radical (unpaired) electrons. The average molecular weight is 382 g/mol. The molecule has 0 aromatic heterocycles. The van der Waals surface area contributed by atoms with Crippen LogP contribution in [-0.2, 0) is 0 Å². The molecule has 0 saturated carbocycles. The summed E-state index contributed by atoms with van der Waals surface area (Å²) in [4.78, 5) is 6.88. The quantitative estimate of drug-likeness (QED) is 0.293. The van der Waals surface area contributed by atoms with E-state index < -0.39 is 0 Å². The zero-order valence-corrected chi connectivity index (χ0v) is 15.4. The Morgan fingerprint density at radius 1 is 1.32 bits per heavy atom. The van der Waals surface area contributed by atoms with E-state index in [0.717, 1.165) is 32.0 Å². The molecule has 114 valence electrons. The molecule has 1 unspecified atom stereocenters. The standard InChI is InChI=1S/C14H30N4.HI/c1-7-9-16-14(15-8-2)17-11-13(18(5)6)10-12(3)4;/h7,12-13H,1,8-11H2,2-6H3,(H2,15,16,17);1H. The van der Waals surface area contributed by atoms with Gasteiger partial charge in [0.1, 0.15) is 0 Å². The Morgan fingerprint density at radius 3 is 2.37 bits per heavy atom. The smallest absolute Gasteiger partial charge is 0.191 e. The second-order valence-corrected chi connectivity index (χ2v) is 5.14. The molecule has 0 heterocycles. The van der Waals surface area contributed by atoms with Crippen LogP contribution >= 0.6 is 24.0 Å². The van der Waals surface area contributed by atoms with E-state index in [1.165, 1.54) is 0 Å². The summed E-state index contributed by atoms with van der Waals surface area (Å²) in [6, 6.07) is 0.490. The van der Waals surface area contributed by atoms with Crippen molar-refractivity contribution in [1.82, 2.24) is 15.5 Å². The third kappa shape index (κ3) is 11.2. The van der Waals surface area contributed by atoms with Crippen LogP contribution in [0.2, 0.25) is 0 Å². The van der Waals surface area contributed by atoms with Crippen molar-refractivity contribution in [3.05, 3.63) is 12.7 Å². The van der Waals surface area contributed by atoms with E-state index in [4.69, 9.17) is 0 Å². The Morgan fingerprint density at radius 2 is 1.95 bits per heavy atom. The van der Waals surface area contributed by atoms with Crippen molar-refractivity contribution in [1.29, 1.82) is 0 Å². The fourth-order valence-corrected chi connectivity index (χ4v) is 1.70. The average Bonchev–Trinajstić information content (AvgIpc) is 2.30. The highest BCUT2D eigenvalue weighted by Crippen LogP contribution is 2.09. The Kier molecular flexibility index (Phi) is 14.1. The first kappa shape index (κ1) is 21.0. The number of hydrogen-bond donors (Lipinski definition) is 2. The molecular weight excluding hydrogens is 351 g/mol. The maximum atomic E-state index is 4.63. The Hall–Kier alpha value is -0.300. The molecule has 1 atom stereocenters. The molecular formula is C14H31IN4. The molecule has 2 N–H and O–H groups in total. The molecule has 0 saturated heterocycles. The molecule has 0 aromatic rings. The lowest BCUT2D eigenvalue weighted by Crippen LogP contribution is -2.39. The van der Waals surface area contributed by atoms with Crippen LogP contribution in [-0.4, -0.2) is 50.6 Å². The second kappa shape index (κ2) is 12.7. The molecule has 0 aliphatic rings. The summed E-state index contributed by atoms with van der Waals surface area (Å²) < 4.78 is 0. The fourth-order valence-electron chi connectivity index (χ4n) is 1.70. The first-order valence-corrected chi connectivity index (χ1v) is 6.80. The summed E-state index contributed by atoms with van der Waals surface area (Å²) in [5, 5.41) is 6.46. The highest BCUT2D eigenvalue weighted by molar-refractivity contribution is 14.0. The SMILES string of the molecule is C=CCNC(=NCC(CC(C)C)N(C)C)NCC.I. The van der Waals surface area contributed by atoms with Gasteiger partial charge in [-0.05, 0) is 33.4 Å². The molecule has 5 heteroatoms. The van der Waals surface area contributed by atoms with Crippen LogP contribution in [0.15, 0.2) is 17.6 Å². The molecule has 0 aliphatic heterocycles. The van der Waals surface area contributed by atoms with E-state index >= 15 is 0 Å². The first-order valence-electron chi connectivity index (χ1n) is 6.80. The van der Waals surface area contributed by atoms with Crippen LogP contribution in [0.1, 0.15) is 27.2 Å². The van der Waals surface area contributed by atoms with Crippen molar-refractivity contribution < 1.29 is 0 Å². The molecule has 0 fully saturated rings. The minimum absolute atomic E-state index is 0. The Labute approximate surface area is 136 Å². The summed E-state index contributed by atoms with van der Waals surface area (Å²) in [5.41, 5.74) is 0. The third-order valence-corrected chi connectivity index (χ3v) is 2.69. The maximum Gasteiger partial charge on any atom is 0.191 e. The highest BCUT2D eigenvalue weighted by atomic mass is 127. The van der Waals surface area contributed by atoms with Gasteiger partial charge >= 0.3 is 0 Å². The minimum atomic E-state index is 0. The zero-order valence-electron chi connectivity index (χ0n) is 13.1. The van der Waals surface area contributed by atoms with Crippen molar-refractivity contribution in [2.75, 3.05) is 33.7 Å². The van der Waals surface area contributed by atoms with Crippen LogP contribution in [0.25, 0.3) is 0 Å². The lowest BCUT2D eigenvalue weighted by Gasteiger charge is -2.24. The summed E-state index contributed by atoms with van der Waals surface area (Å²) in [6.45, 7) is 12.7. The second-order valence-electron chi connectivity index (χ2n) is 5.14. The monoisotopic (exact) mass is 382 g/mol. The molecule has 19 heavy (non-hydrogen) atoms. The van der Waals surface area contributed by atoms with Gasteiger partial charge in [0, 0.05) is 19.1 Å². The van der Waals surface area contributed by atoms with Gasteiger partial charge in [0.2, 0.25) is 0 Å². The lowest BCUT2D eigenvalue weighted by molar-refractivity contribution is 0.261. The molecule has 0 rings (SSSR count). The number of nitrogens with one attached hydrogen (secondary N) is 2. The maximum absolute atomic E-state index is 4.63. The van der Waals surface area contributed by atoms with Gasteiger partial charge < -0.3 is 15.5 Å². The summed E-state index contributed by atoms with van der Waals surface area (Å²) in [7, 11) is 4.24. The van der Waals surface area contributed by atoms with Crippen LogP contribution in [0.5, 0.6) is 0 Å². The molecule has 0 bridgehead atoms. The lowest BCUT2D eigenvalue weighted by atomic mass is 10.0. The van der Waals surface area contributed by atoms with Crippen LogP contribution < -0.4 is 10.6 Å². The van der Waals surface area contributed by atoms with Gasteiger partial charge in [-0.1, -0.05) is 19.9 Å². The number of aliphatic imine (C=N–C) groups is 1. The fraction of sp³-hybridized carbons (Fsp3) is 0.786. The van der Waals surface area contributed by atoms with Crippen LogP contribution in [0, 0.1) is 5.92 Å². The molecule has 0 spiro atoms. The molecule has 0 aliphatic carbocycles. The van der Waals surface area contributed by atoms with E-state index in [-0.39, 0.29) is 24.0 Å². The van der Waals surface area contributed by atoms with Crippen molar-refractivity contribution >= 4 is 29.9 Å². The van der Waals surface area contributed by atoms with E-state index in [1.54, 1.807) is 0 Å². The molecule has 4 nitrogen and oxygen atoms in total. The van der Waals surface area contributed by atoms with Crippen molar-refractivity contribution in [3.63, 3.8) is 0 Å². The van der Waals surface area contributed by atoms with Crippen molar-refractivity contribution in [2.24, 2.45) is 10.9 Å². The number of likely N-dealkylation sites (N-methyl/N-ethyl adjacent to an activating group) is 1. The van der Waals surface area contributed by atoms with Gasteiger partial charge in [0.25, 0.3) is 0 Å². The zero-order chi connectivity index (χ0) is 14.0. The highest BCUT2D eigenvalue weighted by Gasteiger charge is 2.12. The predicted molar refractivity (Wildman–Crippen MR) is 96.5 cm³/mol. The van der Waals surface area contributed by atoms with E-state index in [1.807, 2.05) is 6.08 Å². The van der Waals surface area contributed by atoms with Gasteiger partial charge in [-0.15, -0.1) is 30.6 Å². The number of guanidine groups is 1. The summed E-state index contributed by atoms with van der Waals surface area (Å²) in [5.74, 6) is 1.56.